The van der Waals surface area contributed by atoms with Crippen molar-refractivity contribution in [2.75, 3.05) is 6.61 Å². The maximum absolute atomic E-state index is 12.8. The molecule has 0 aliphatic carbocycles. The first-order chi connectivity index (χ1) is 15.4. The molecule has 2 aromatic carbocycles. The minimum atomic E-state index is -4.37. The molecule has 0 aliphatic heterocycles. The maximum atomic E-state index is 12.8. The van der Waals surface area contributed by atoms with Crippen LogP contribution in [0.4, 0.5) is 13.2 Å². The molecule has 8 heteroatoms. The summed E-state index contributed by atoms with van der Waals surface area (Å²) in [6.45, 7) is 7.61. The van der Waals surface area contributed by atoms with Crippen LogP contribution in [0.5, 0.6) is 5.75 Å². The molecule has 1 N–H and O–H groups in total. The smallest absolute Gasteiger partial charge is 0.416 e. The van der Waals surface area contributed by atoms with Crippen molar-refractivity contribution in [3.63, 3.8) is 0 Å². The van der Waals surface area contributed by atoms with Crippen LogP contribution in [-0.4, -0.2) is 27.5 Å². The summed E-state index contributed by atoms with van der Waals surface area (Å²) in [6.07, 6.45) is -2.15. The Hall–Kier alpha value is -3.29. The zero-order valence-electron chi connectivity index (χ0n) is 19.0. The Bertz CT molecular complexity index is 1100. The summed E-state index contributed by atoms with van der Waals surface area (Å²) in [5.41, 5.74) is 1.63. The highest BCUT2D eigenvalue weighted by molar-refractivity contribution is 5.74. The first-order valence-corrected chi connectivity index (χ1v) is 10.6. The lowest BCUT2D eigenvalue weighted by Crippen LogP contribution is -2.26. The van der Waals surface area contributed by atoms with E-state index in [2.05, 4.69) is 5.10 Å². The molecule has 176 valence electrons. The molecule has 3 rings (SSSR count). The summed E-state index contributed by atoms with van der Waals surface area (Å²) in [7, 11) is 0. The number of halogens is 3. The number of hydrogen-bond acceptors (Lipinski definition) is 3. The molecule has 0 spiro atoms. The van der Waals surface area contributed by atoms with Crippen LogP contribution in [0, 0.1) is 12.3 Å². The number of hydrogen-bond donors (Lipinski definition) is 1. The predicted octanol–water partition coefficient (Wildman–Crippen LogP) is 6.04. The second-order valence-electron chi connectivity index (χ2n) is 8.88. The predicted molar refractivity (Wildman–Crippen MR) is 119 cm³/mol. The molecule has 0 amide bonds. The van der Waals surface area contributed by atoms with E-state index in [9.17, 15) is 23.1 Å². The zero-order valence-corrected chi connectivity index (χ0v) is 19.0. The number of alkyl halides is 3. The lowest BCUT2D eigenvalue weighted by Gasteiger charge is -2.19. The molecule has 33 heavy (non-hydrogen) atoms. The van der Waals surface area contributed by atoms with Gasteiger partial charge in [-0.25, -0.2) is 4.68 Å². The van der Waals surface area contributed by atoms with Crippen LogP contribution < -0.4 is 4.74 Å². The summed E-state index contributed by atoms with van der Waals surface area (Å²) < 4.78 is 45.8. The van der Waals surface area contributed by atoms with Crippen molar-refractivity contribution in [2.45, 2.75) is 46.2 Å². The highest BCUT2D eigenvalue weighted by Crippen LogP contribution is 2.30. The van der Waals surface area contributed by atoms with Gasteiger partial charge < -0.3 is 9.84 Å². The van der Waals surface area contributed by atoms with Crippen molar-refractivity contribution < 1.29 is 27.8 Å². The molecule has 1 atom stereocenters. The van der Waals surface area contributed by atoms with E-state index < -0.39 is 23.1 Å². The first-order valence-electron chi connectivity index (χ1n) is 10.6. The standard InChI is InChI=1S/C25H27F3N2O3/c1-16(15-33-21-11-5-18(6-12-21)13-24(3,4)23(31)32)22-14-30(29-17(22)2)20-9-7-19(8-10-20)25(26,27)28/h5-12,14,16H,13,15H2,1-4H3,(H,31,32). The minimum absolute atomic E-state index is 0.00109. The maximum Gasteiger partial charge on any atom is 0.416 e. The van der Waals surface area contributed by atoms with Gasteiger partial charge >= 0.3 is 12.1 Å². The fourth-order valence-electron chi connectivity index (χ4n) is 3.49. The number of carboxylic acids is 1. The lowest BCUT2D eigenvalue weighted by atomic mass is 9.86. The van der Waals surface area contributed by atoms with Crippen molar-refractivity contribution >= 4 is 5.97 Å². The van der Waals surface area contributed by atoms with Gasteiger partial charge in [0, 0.05) is 12.1 Å². The summed E-state index contributed by atoms with van der Waals surface area (Å²) in [6, 6.07) is 12.2. The first kappa shape index (κ1) is 24.4. The molecule has 0 bridgehead atoms. The van der Waals surface area contributed by atoms with Crippen LogP contribution in [0.3, 0.4) is 0 Å². The van der Waals surface area contributed by atoms with E-state index in [1.165, 1.54) is 12.1 Å². The molecular weight excluding hydrogens is 433 g/mol. The van der Waals surface area contributed by atoms with Gasteiger partial charge in [0.2, 0.25) is 0 Å². The zero-order chi connectivity index (χ0) is 24.4. The third kappa shape index (κ3) is 5.94. The molecule has 3 aromatic rings. The molecule has 0 saturated heterocycles. The van der Waals surface area contributed by atoms with Crippen molar-refractivity contribution in [3.05, 3.63) is 77.1 Å². The van der Waals surface area contributed by atoms with Gasteiger partial charge in [-0.15, -0.1) is 0 Å². The van der Waals surface area contributed by atoms with Crippen molar-refractivity contribution in [3.8, 4) is 11.4 Å². The van der Waals surface area contributed by atoms with Gasteiger partial charge in [-0.1, -0.05) is 19.1 Å². The molecule has 1 aromatic heterocycles. The molecule has 1 unspecified atom stereocenters. The highest BCUT2D eigenvalue weighted by Gasteiger charge is 2.30. The summed E-state index contributed by atoms with van der Waals surface area (Å²) >= 11 is 0. The average Bonchev–Trinajstić information content (AvgIpc) is 3.14. The van der Waals surface area contributed by atoms with Crippen molar-refractivity contribution in [1.29, 1.82) is 0 Å². The van der Waals surface area contributed by atoms with Crippen LogP contribution in [0.2, 0.25) is 0 Å². The largest absolute Gasteiger partial charge is 0.493 e. The van der Waals surface area contributed by atoms with Crippen LogP contribution in [0.15, 0.2) is 54.7 Å². The molecular formula is C25H27F3N2O3. The molecule has 5 nitrogen and oxygen atoms in total. The highest BCUT2D eigenvalue weighted by atomic mass is 19.4. The number of nitrogens with zero attached hydrogens (tertiary/aromatic N) is 2. The summed E-state index contributed by atoms with van der Waals surface area (Å²) in [5.74, 6) is -0.172. The SMILES string of the molecule is Cc1nn(-c2ccc(C(F)(F)F)cc2)cc1C(C)COc1ccc(CC(C)(C)C(=O)O)cc1. The third-order valence-electron chi connectivity index (χ3n) is 5.58. The second-order valence-corrected chi connectivity index (χ2v) is 8.88. The van der Waals surface area contributed by atoms with Gasteiger partial charge in [0.1, 0.15) is 5.75 Å². The minimum Gasteiger partial charge on any atom is -0.493 e. The normalized spacial score (nSPS) is 13.1. The Morgan fingerprint density at radius 2 is 1.70 bits per heavy atom. The van der Waals surface area contributed by atoms with E-state index in [4.69, 9.17) is 4.74 Å². The average molecular weight is 460 g/mol. The van der Waals surface area contributed by atoms with Crippen LogP contribution in [-0.2, 0) is 17.4 Å². The van der Waals surface area contributed by atoms with Crippen LogP contribution in [0.1, 0.15) is 49.1 Å². The number of rotatable bonds is 8. The van der Waals surface area contributed by atoms with Crippen LogP contribution in [0.25, 0.3) is 5.69 Å². The number of ether oxygens (including phenoxy) is 1. The Labute approximate surface area is 190 Å². The van der Waals surface area contributed by atoms with Crippen molar-refractivity contribution in [2.24, 2.45) is 5.41 Å². The Morgan fingerprint density at radius 1 is 1.09 bits per heavy atom. The van der Waals surface area contributed by atoms with E-state index in [0.717, 1.165) is 29.0 Å². The van der Waals surface area contributed by atoms with Crippen LogP contribution >= 0.6 is 0 Å². The van der Waals surface area contributed by atoms with E-state index in [-0.39, 0.29) is 5.92 Å². The van der Waals surface area contributed by atoms with Gasteiger partial charge in [-0.3, -0.25) is 4.79 Å². The fourth-order valence-corrected chi connectivity index (χ4v) is 3.49. The van der Waals surface area contributed by atoms with Gasteiger partial charge in [0.25, 0.3) is 0 Å². The fraction of sp³-hybridized carbons (Fsp3) is 0.360. The summed E-state index contributed by atoms with van der Waals surface area (Å²) in [4.78, 5) is 11.3. The molecule has 0 fully saturated rings. The Kier molecular flexibility index (Phi) is 6.86. The number of aryl methyl sites for hydroxylation is 1. The van der Waals surface area contributed by atoms with E-state index in [0.29, 0.717) is 24.5 Å². The van der Waals surface area contributed by atoms with Gasteiger partial charge in [0.05, 0.1) is 29.0 Å². The molecule has 0 radical (unpaired) electrons. The quantitative estimate of drug-likeness (QED) is 0.445. The topological polar surface area (TPSA) is 64.4 Å². The molecule has 0 saturated carbocycles. The number of aromatic nitrogens is 2. The Morgan fingerprint density at radius 3 is 2.24 bits per heavy atom. The number of benzene rings is 2. The number of carboxylic acid groups (broad SMARTS) is 1. The van der Waals surface area contributed by atoms with E-state index in [1.54, 1.807) is 18.5 Å². The molecule has 0 aliphatic rings. The van der Waals surface area contributed by atoms with Crippen molar-refractivity contribution in [1.82, 2.24) is 9.78 Å². The monoisotopic (exact) mass is 460 g/mol. The van der Waals surface area contributed by atoms with Gasteiger partial charge in [-0.2, -0.15) is 18.3 Å². The Balaban J connectivity index is 1.64. The summed E-state index contributed by atoms with van der Waals surface area (Å²) in [5, 5.41) is 13.7. The van der Waals surface area contributed by atoms with E-state index in [1.807, 2.05) is 44.3 Å². The van der Waals surface area contributed by atoms with Gasteiger partial charge in [-0.05, 0) is 74.7 Å². The third-order valence-corrected chi connectivity index (χ3v) is 5.58. The van der Waals surface area contributed by atoms with E-state index >= 15 is 0 Å². The lowest BCUT2D eigenvalue weighted by molar-refractivity contribution is -0.146. The number of aliphatic carboxylic acids is 1. The number of carbonyl (C=O) groups is 1. The van der Waals surface area contributed by atoms with Gasteiger partial charge in [0.15, 0.2) is 0 Å². The molecule has 1 heterocycles. The second kappa shape index (κ2) is 9.29.